The fourth-order valence-electron chi connectivity index (χ4n) is 0.823. The predicted octanol–water partition coefficient (Wildman–Crippen LogP) is 2.12. The average Bonchev–Trinajstić information content (AvgIpc) is 2.48. The second kappa shape index (κ2) is 5.05. The van der Waals surface area contributed by atoms with E-state index in [2.05, 4.69) is 27.8 Å². The standard InChI is InChI=1S/C9H7BrO2S/c10-3-1-2-7-4-8(13-6-7)5-9(11)12/h4,6H,3,5H2,(H,11,12). The molecule has 0 saturated carbocycles. The van der Waals surface area contributed by atoms with Crippen LogP contribution in [-0.2, 0) is 11.2 Å². The lowest BCUT2D eigenvalue weighted by Crippen LogP contribution is -1.97. The van der Waals surface area contributed by atoms with E-state index < -0.39 is 5.97 Å². The number of halogens is 1. The largest absolute Gasteiger partial charge is 0.481 e. The van der Waals surface area contributed by atoms with Gasteiger partial charge in [0.1, 0.15) is 0 Å². The van der Waals surface area contributed by atoms with Crippen molar-refractivity contribution in [2.24, 2.45) is 0 Å². The summed E-state index contributed by atoms with van der Waals surface area (Å²) in [5.41, 5.74) is 0.890. The van der Waals surface area contributed by atoms with Gasteiger partial charge in [0, 0.05) is 15.8 Å². The van der Waals surface area contributed by atoms with Gasteiger partial charge in [-0.3, -0.25) is 4.79 Å². The lowest BCUT2D eigenvalue weighted by Gasteiger charge is -1.85. The van der Waals surface area contributed by atoms with Gasteiger partial charge in [-0.25, -0.2) is 0 Å². The Morgan fingerprint density at radius 2 is 2.46 bits per heavy atom. The smallest absolute Gasteiger partial charge is 0.308 e. The molecular weight excluding hydrogens is 252 g/mol. The van der Waals surface area contributed by atoms with Gasteiger partial charge in [0.25, 0.3) is 0 Å². The highest BCUT2D eigenvalue weighted by Gasteiger charge is 2.02. The van der Waals surface area contributed by atoms with Crippen molar-refractivity contribution >= 4 is 33.2 Å². The van der Waals surface area contributed by atoms with Crippen molar-refractivity contribution in [2.75, 3.05) is 5.33 Å². The topological polar surface area (TPSA) is 37.3 Å². The van der Waals surface area contributed by atoms with Gasteiger partial charge < -0.3 is 5.11 Å². The molecule has 1 heterocycles. The molecule has 2 nitrogen and oxygen atoms in total. The highest BCUT2D eigenvalue weighted by molar-refractivity contribution is 9.09. The zero-order valence-electron chi connectivity index (χ0n) is 6.71. The zero-order chi connectivity index (χ0) is 9.68. The number of carbonyl (C=O) groups is 1. The molecule has 0 spiro atoms. The normalized spacial score (nSPS) is 9.00. The number of aliphatic carboxylic acids is 1. The Morgan fingerprint density at radius 1 is 1.69 bits per heavy atom. The summed E-state index contributed by atoms with van der Waals surface area (Å²) in [6.45, 7) is 0. The monoisotopic (exact) mass is 258 g/mol. The third-order valence-electron chi connectivity index (χ3n) is 1.28. The van der Waals surface area contributed by atoms with Crippen LogP contribution < -0.4 is 0 Å². The van der Waals surface area contributed by atoms with Crippen molar-refractivity contribution in [3.05, 3.63) is 21.9 Å². The Hall–Kier alpha value is -0.790. The zero-order valence-corrected chi connectivity index (χ0v) is 9.11. The molecule has 1 rings (SSSR count). The van der Waals surface area contributed by atoms with Crippen molar-refractivity contribution < 1.29 is 9.90 Å². The van der Waals surface area contributed by atoms with Crippen molar-refractivity contribution in [3.63, 3.8) is 0 Å². The van der Waals surface area contributed by atoms with Crippen LogP contribution in [0.5, 0.6) is 0 Å². The number of rotatable bonds is 2. The maximum atomic E-state index is 10.4. The first-order valence-corrected chi connectivity index (χ1v) is 5.56. The van der Waals surface area contributed by atoms with Crippen molar-refractivity contribution in [1.29, 1.82) is 0 Å². The Labute approximate surface area is 88.7 Å². The minimum atomic E-state index is -0.804. The van der Waals surface area contributed by atoms with E-state index in [1.165, 1.54) is 11.3 Å². The molecular formula is C9H7BrO2S. The van der Waals surface area contributed by atoms with E-state index in [4.69, 9.17) is 5.11 Å². The maximum Gasteiger partial charge on any atom is 0.308 e. The molecule has 0 aliphatic carbocycles. The van der Waals surface area contributed by atoms with Gasteiger partial charge in [-0.2, -0.15) is 0 Å². The Balaban J connectivity index is 2.69. The lowest BCUT2D eigenvalue weighted by molar-refractivity contribution is -0.136. The molecule has 0 aromatic carbocycles. The van der Waals surface area contributed by atoms with E-state index in [0.29, 0.717) is 5.33 Å². The molecule has 1 N–H and O–H groups in total. The molecule has 0 unspecified atom stereocenters. The van der Waals surface area contributed by atoms with E-state index >= 15 is 0 Å². The summed E-state index contributed by atoms with van der Waals surface area (Å²) in [6, 6.07) is 1.81. The molecule has 0 fully saturated rings. The third-order valence-corrected chi connectivity index (χ3v) is 2.50. The predicted molar refractivity (Wildman–Crippen MR) is 56.3 cm³/mol. The Bertz CT molecular complexity index is 359. The summed E-state index contributed by atoms with van der Waals surface area (Å²) in [6.07, 6.45) is 0.0840. The SMILES string of the molecule is O=C(O)Cc1cc(C#CCBr)cs1. The first-order chi connectivity index (χ1) is 6.22. The number of carboxylic acid groups (broad SMARTS) is 1. The summed E-state index contributed by atoms with van der Waals surface area (Å²) >= 11 is 4.62. The number of alkyl halides is 1. The van der Waals surface area contributed by atoms with Gasteiger partial charge in [0.15, 0.2) is 0 Å². The van der Waals surface area contributed by atoms with Crippen LogP contribution in [0, 0.1) is 11.8 Å². The number of hydrogen-bond donors (Lipinski definition) is 1. The first-order valence-electron chi connectivity index (χ1n) is 3.56. The quantitative estimate of drug-likeness (QED) is 0.652. The van der Waals surface area contributed by atoms with Crippen molar-refractivity contribution in [3.8, 4) is 11.8 Å². The molecule has 0 amide bonds. The van der Waals surface area contributed by atoms with Crippen molar-refractivity contribution in [2.45, 2.75) is 6.42 Å². The minimum Gasteiger partial charge on any atom is -0.481 e. The molecule has 0 bridgehead atoms. The molecule has 68 valence electrons. The van der Waals surface area contributed by atoms with Gasteiger partial charge in [-0.15, -0.1) is 11.3 Å². The van der Waals surface area contributed by atoms with E-state index in [0.717, 1.165) is 10.4 Å². The Kier molecular flexibility index (Phi) is 4.00. The van der Waals surface area contributed by atoms with E-state index in [-0.39, 0.29) is 6.42 Å². The second-order valence-electron chi connectivity index (χ2n) is 2.31. The maximum absolute atomic E-state index is 10.4. The molecule has 13 heavy (non-hydrogen) atoms. The van der Waals surface area contributed by atoms with Crippen LogP contribution >= 0.6 is 27.3 Å². The van der Waals surface area contributed by atoms with Gasteiger partial charge in [-0.05, 0) is 6.07 Å². The van der Waals surface area contributed by atoms with Crippen LogP contribution in [0.25, 0.3) is 0 Å². The second-order valence-corrected chi connectivity index (χ2v) is 3.86. The summed E-state index contributed by atoms with van der Waals surface area (Å²) < 4.78 is 0. The molecule has 0 saturated heterocycles. The van der Waals surface area contributed by atoms with Crippen LogP contribution in [0.2, 0.25) is 0 Å². The van der Waals surface area contributed by atoms with Crippen LogP contribution in [0.1, 0.15) is 10.4 Å². The van der Waals surface area contributed by atoms with Crippen molar-refractivity contribution in [1.82, 2.24) is 0 Å². The summed E-state index contributed by atoms with van der Waals surface area (Å²) in [5.74, 6) is 4.96. The molecule has 0 aliphatic heterocycles. The average molecular weight is 259 g/mol. The summed E-state index contributed by atoms with van der Waals surface area (Å²) in [7, 11) is 0. The minimum absolute atomic E-state index is 0.0840. The van der Waals surface area contributed by atoms with Crippen LogP contribution in [0.15, 0.2) is 11.4 Å². The van der Waals surface area contributed by atoms with E-state index in [9.17, 15) is 4.79 Å². The first kappa shape index (κ1) is 10.3. The van der Waals surface area contributed by atoms with Crippen LogP contribution in [-0.4, -0.2) is 16.4 Å². The van der Waals surface area contributed by atoms with Gasteiger partial charge in [0.05, 0.1) is 11.8 Å². The fourth-order valence-corrected chi connectivity index (χ4v) is 1.77. The molecule has 0 aliphatic rings. The van der Waals surface area contributed by atoms with Crippen LogP contribution in [0.3, 0.4) is 0 Å². The summed E-state index contributed by atoms with van der Waals surface area (Å²) in [4.78, 5) is 11.2. The van der Waals surface area contributed by atoms with Crippen LogP contribution in [0.4, 0.5) is 0 Å². The molecule has 4 heteroatoms. The fraction of sp³-hybridized carbons (Fsp3) is 0.222. The number of carboxylic acids is 1. The van der Waals surface area contributed by atoms with E-state index in [1.54, 1.807) is 0 Å². The third kappa shape index (κ3) is 3.62. The summed E-state index contributed by atoms with van der Waals surface area (Å²) in [5, 5.41) is 11.0. The highest BCUT2D eigenvalue weighted by Crippen LogP contribution is 2.14. The molecule has 0 atom stereocenters. The van der Waals surface area contributed by atoms with E-state index in [1.807, 2.05) is 11.4 Å². The van der Waals surface area contributed by atoms with Gasteiger partial charge >= 0.3 is 5.97 Å². The highest BCUT2D eigenvalue weighted by atomic mass is 79.9. The number of thiophene rings is 1. The number of hydrogen-bond acceptors (Lipinski definition) is 2. The lowest BCUT2D eigenvalue weighted by atomic mass is 10.3. The molecule has 1 aromatic heterocycles. The Morgan fingerprint density at radius 3 is 3.08 bits per heavy atom. The van der Waals surface area contributed by atoms with Gasteiger partial charge in [-0.1, -0.05) is 27.8 Å². The molecule has 1 aromatic rings. The van der Waals surface area contributed by atoms with Gasteiger partial charge in [0.2, 0.25) is 0 Å². The molecule has 0 radical (unpaired) electrons.